The maximum atomic E-state index is 3.69. The van der Waals surface area contributed by atoms with E-state index in [-0.39, 0.29) is 0 Å². The van der Waals surface area contributed by atoms with E-state index in [2.05, 4.69) is 18.0 Å². The molecule has 9 heavy (non-hydrogen) atoms. The van der Waals surface area contributed by atoms with Crippen LogP contribution in [0.3, 0.4) is 0 Å². The molecule has 1 heterocycles. The Labute approximate surface area is 57.4 Å². The molecular formula is C8H14N. The molecule has 0 unspecified atom stereocenters. The first-order valence-corrected chi connectivity index (χ1v) is 3.62. The summed E-state index contributed by atoms with van der Waals surface area (Å²) in [5, 5.41) is 0. The van der Waals surface area contributed by atoms with Crippen molar-refractivity contribution in [3.8, 4) is 0 Å². The predicted octanol–water partition coefficient (Wildman–Crippen LogP) is 1.82. The number of piperidine rings is 1. The fourth-order valence-electron chi connectivity index (χ4n) is 1.16. The van der Waals surface area contributed by atoms with Gasteiger partial charge < -0.3 is 0 Å². The lowest BCUT2D eigenvalue weighted by Crippen LogP contribution is -2.25. The summed E-state index contributed by atoms with van der Waals surface area (Å²) in [6.07, 6.45) is 5.94. The Morgan fingerprint density at radius 1 is 1.56 bits per heavy atom. The molecule has 1 radical (unpaired) electrons. The Morgan fingerprint density at radius 3 is 3.00 bits per heavy atom. The van der Waals surface area contributed by atoms with Crippen LogP contribution in [0.15, 0.2) is 12.7 Å². The summed E-state index contributed by atoms with van der Waals surface area (Å²) in [5.41, 5.74) is 0. The SMILES string of the molecule is C=CCN1[CH]CCCC1. The van der Waals surface area contributed by atoms with Crippen molar-refractivity contribution in [1.29, 1.82) is 0 Å². The molecule has 0 amide bonds. The summed E-state index contributed by atoms with van der Waals surface area (Å²) in [4.78, 5) is 2.33. The number of rotatable bonds is 2. The van der Waals surface area contributed by atoms with Crippen molar-refractivity contribution in [1.82, 2.24) is 4.90 Å². The minimum absolute atomic E-state index is 1.03. The van der Waals surface area contributed by atoms with Crippen molar-refractivity contribution in [3.05, 3.63) is 19.2 Å². The molecule has 1 aliphatic heterocycles. The molecular weight excluding hydrogens is 110 g/mol. The zero-order valence-electron chi connectivity index (χ0n) is 5.84. The fourth-order valence-corrected chi connectivity index (χ4v) is 1.16. The Kier molecular flexibility index (Phi) is 2.78. The van der Waals surface area contributed by atoms with Gasteiger partial charge in [-0.15, -0.1) is 6.58 Å². The summed E-state index contributed by atoms with van der Waals surface area (Å²) in [6.45, 7) is 8.23. The van der Waals surface area contributed by atoms with Crippen molar-refractivity contribution in [3.63, 3.8) is 0 Å². The topological polar surface area (TPSA) is 3.24 Å². The van der Waals surface area contributed by atoms with E-state index in [4.69, 9.17) is 0 Å². The summed E-state index contributed by atoms with van der Waals surface area (Å²) in [6, 6.07) is 0. The molecule has 0 saturated carbocycles. The molecule has 0 bridgehead atoms. The predicted molar refractivity (Wildman–Crippen MR) is 39.9 cm³/mol. The Hall–Kier alpha value is -0.300. The third-order valence-corrected chi connectivity index (χ3v) is 1.65. The van der Waals surface area contributed by atoms with E-state index in [1.165, 1.54) is 25.8 Å². The lowest BCUT2D eigenvalue weighted by Gasteiger charge is -2.23. The first kappa shape index (κ1) is 6.81. The van der Waals surface area contributed by atoms with Gasteiger partial charge in [-0.2, -0.15) is 0 Å². The van der Waals surface area contributed by atoms with Gasteiger partial charge in [-0.1, -0.05) is 12.5 Å². The van der Waals surface area contributed by atoms with Gasteiger partial charge in [-0.25, -0.2) is 0 Å². The van der Waals surface area contributed by atoms with E-state index in [1.54, 1.807) is 0 Å². The van der Waals surface area contributed by atoms with Gasteiger partial charge in [-0.05, 0) is 19.4 Å². The van der Waals surface area contributed by atoms with E-state index in [0.29, 0.717) is 0 Å². The highest BCUT2D eigenvalue weighted by atomic mass is 15.1. The zero-order valence-corrected chi connectivity index (χ0v) is 5.84. The fraction of sp³-hybridized carbons (Fsp3) is 0.625. The molecule has 1 aliphatic rings. The maximum absolute atomic E-state index is 3.69. The highest BCUT2D eigenvalue weighted by molar-refractivity contribution is 4.81. The summed E-state index contributed by atoms with van der Waals surface area (Å²) >= 11 is 0. The van der Waals surface area contributed by atoms with E-state index < -0.39 is 0 Å². The van der Waals surface area contributed by atoms with Crippen LogP contribution in [0, 0.1) is 6.54 Å². The van der Waals surface area contributed by atoms with E-state index >= 15 is 0 Å². The van der Waals surface area contributed by atoms with E-state index in [1.807, 2.05) is 6.08 Å². The largest absolute Gasteiger partial charge is 0.295 e. The average molecular weight is 124 g/mol. The van der Waals surface area contributed by atoms with E-state index in [0.717, 1.165) is 6.54 Å². The molecule has 1 nitrogen and oxygen atoms in total. The molecule has 0 N–H and O–H groups in total. The van der Waals surface area contributed by atoms with Crippen LogP contribution in [0.2, 0.25) is 0 Å². The normalized spacial score (nSPS) is 21.8. The van der Waals surface area contributed by atoms with Gasteiger partial charge in [0.2, 0.25) is 0 Å². The van der Waals surface area contributed by atoms with Crippen LogP contribution in [0.4, 0.5) is 0 Å². The number of nitrogens with zero attached hydrogens (tertiary/aromatic N) is 1. The lowest BCUT2D eigenvalue weighted by molar-refractivity contribution is 0.308. The highest BCUT2D eigenvalue weighted by Gasteiger charge is 2.06. The second kappa shape index (κ2) is 3.67. The van der Waals surface area contributed by atoms with Crippen molar-refractivity contribution >= 4 is 0 Å². The number of hydrogen-bond donors (Lipinski definition) is 0. The van der Waals surface area contributed by atoms with Crippen molar-refractivity contribution in [2.45, 2.75) is 19.3 Å². The second-order valence-corrected chi connectivity index (χ2v) is 2.46. The molecule has 1 saturated heterocycles. The molecule has 1 fully saturated rings. The Morgan fingerprint density at radius 2 is 2.44 bits per heavy atom. The standard InChI is InChI=1S/C8H14N/c1-2-6-9-7-4-3-5-8-9/h2,7H,1,3-6,8H2. The molecule has 0 aromatic rings. The van der Waals surface area contributed by atoms with Crippen LogP contribution in [0.1, 0.15) is 19.3 Å². The van der Waals surface area contributed by atoms with Crippen molar-refractivity contribution in [2.24, 2.45) is 0 Å². The third kappa shape index (κ3) is 2.19. The van der Waals surface area contributed by atoms with Crippen molar-refractivity contribution < 1.29 is 0 Å². The number of likely N-dealkylation sites (tertiary alicyclic amines) is 1. The van der Waals surface area contributed by atoms with Gasteiger partial charge in [0, 0.05) is 13.1 Å². The summed E-state index contributed by atoms with van der Waals surface area (Å²) < 4.78 is 0. The second-order valence-electron chi connectivity index (χ2n) is 2.46. The minimum atomic E-state index is 1.03. The van der Waals surface area contributed by atoms with Crippen LogP contribution >= 0.6 is 0 Å². The van der Waals surface area contributed by atoms with Gasteiger partial charge in [0.05, 0.1) is 0 Å². The van der Waals surface area contributed by atoms with Crippen LogP contribution in [0.5, 0.6) is 0 Å². The average Bonchev–Trinajstić information content (AvgIpc) is 1.91. The first-order valence-electron chi connectivity index (χ1n) is 3.62. The quantitative estimate of drug-likeness (QED) is 0.507. The van der Waals surface area contributed by atoms with Crippen LogP contribution < -0.4 is 0 Å². The van der Waals surface area contributed by atoms with Crippen LogP contribution in [-0.4, -0.2) is 18.0 Å². The van der Waals surface area contributed by atoms with Crippen molar-refractivity contribution in [2.75, 3.05) is 13.1 Å². The molecule has 0 aromatic heterocycles. The Bertz CT molecular complexity index is 82.6. The van der Waals surface area contributed by atoms with E-state index in [9.17, 15) is 0 Å². The lowest BCUT2D eigenvalue weighted by atomic mass is 10.1. The maximum Gasteiger partial charge on any atom is 0.0255 e. The molecule has 0 spiro atoms. The molecule has 1 heteroatoms. The molecule has 1 rings (SSSR count). The van der Waals surface area contributed by atoms with Gasteiger partial charge in [0.25, 0.3) is 0 Å². The molecule has 0 aromatic carbocycles. The first-order chi connectivity index (χ1) is 4.43. The number of hydrogen-bond acceptors (Lipinski definition) is 1. The third-order valence-electron chi connectivity index (χ3n) is 1.65. The van der Waals surface area contributed by atoms with Gasteiger partial charge in [0.1, 0.15) is 0 Å². The minimum Gasteiger partial charge on any atom is -0.295 e. The molecule has 51 valence electrons. The molecule has 0 atom stereocenters. The van der Waals surface area contributed by atoms with Crippen LogP contribution in [0.25, 0.3) is 0 Å². The molecule has 0 aliphatic carbocycles. The van der Waals surface area contributed by atoms with Gasteiger partial charge >= 0.3 is 0 Å². The summed E-state index contributed by atoms with van der Waals surface area (Å²) in [7, 11) is 0. The monoisotopic (exact) mass is 124 g/mol. The zero-order chi connectivity index (χ0) is 6.53. The Balaban J connectivity index is 2.15. The smallest absolute Gasteiger partial charge is 0.0255 e. The van der Waals surface area contributed by atoms with Gasteiger partial charge in [-0.3, -0.25) is 4.90 Å². The van der Waals surface area contributed by atoms with Crippen LogP contribution in [-0.2, 0) is 0 Å². The van der Waals surface area contributed by atoms with Gasteiger partial charge in [0.15, 0.2) is 0 Å². The summed E-state index contributed by atoms with van der Waals surface area (Å²) in [5.74, 6) is 0. The highest BCUT2D eigenvalue weighted by Crippen LogP contribution is 2.11.